The van der Waals surface area contributed by atoms with Crippen molar-refractivity contribution in [2.45, 2.75) is 91.1 Å². The van der Waals surface area contributed by atoms with Gasteiger partial charge in [-0.05, 0) is 133 Å². The molecule has 3 fully saturated rings. The van der Waals surface area contributed by atoms with E-state index in [1.54, 1.807) is 12.1 Å². The van der Waals surface area contributed by atoms with Gasteiger partial charge in [0.15, 0.2) is 0 Å². The van der Waals surface area contributed by atoms with E-state index in [2.05, 4.69) is 61.2 Å². The zero-order chi connectivity index (χ0) is 57.7. The molecule has 3 aliphatic heterocycles. The molecule has 3 N–H and O–H groups in total. The van der Waals surface area contributed by atoms with E-state index in [1.807, 2.05) is 47.2 Å². The summed E-state index contributed by atoms with van der Waals surface area (Å²) in [7, 11) is -11.1. The number of pyridine rings is 1. The van der Waals surface area contributed by atoms with Crippen LogP contribution in [-0.2, 0) is 36.0 Å². The highest BCUT2D eigenvalue weighted by molar-refractivity contribution is 7.99. The lowest BCUT2D eigenvalue weighted by molar-refractivity contribution is -0.134. The second-order valence-corrected chi connectivity index (χ2v) is 27.0. The lowest BCUT2D eigenvalue weighted by atomic mass is 9.73. The predicted molar refractivity (Wildman–Crippen MR) is 306 cm³/mol. The maximum atomic E-state index is 14.5. The number of hydrogen-bond acceptors (Lipinski definition) is 14. The number of benzene rings is 4. The molecule has 1 aliphatic carbocycles. The lowest BCUT2D eigenvalue weighted by Gasteiger charge is -2.39. The first-order chi connectivity index (χ1) is 38.5. The number of carbonyl (C=O) groups is 3. The summed E-state index contributed by atoms with van der Waals surface area (Å²) in [6.45, 7) is 11.4. The number of nitrogens with zero attached hydrogens (tertiary/aromatic N) is 5. The molecule has 1 aromatic heterocycles. The normalized spacial score (nSPS) is 19.3. The number of carbonyl (C=O) groups excluding carboxylic acids is 3. The molecule has 0 saturated carbocycles. The summed E-state index contributed by atoms with van der Waals surface area (Å²) < 4.78 is 114. The Bertz CT molecular complexity index is 3360. The Hall–Kier alpha value is -5.88. The monoisotopic (exact) mass is 1190 g/mol. The molecular formula is C58H65ClF4N8O7S3. The van der Waals surface area contributed by atoms with Crippen LogP contribution in [-0.4, -0.2) is 137 Å². The highest BCUT2D eigenvalue weighted by Crippen LogP contribution is 2.43. The smallest absolute Gasteiger partial charge is 0.380 e. The van der Waals surface area contributed by atoms with Gasteiger partial charge in [-0.3, -0.25) is 29.5 Å². The van der Waals surface area contributed by atoms with Crippen LogP contribution >= 0.6 is 23.4 Å². The van der Waals surface area contributed by atoms with E-state index in [-0.39, 0.29) is 35.5 Å². The van der Waals surface area contributed by atoms with Crippen molar-refractivity contribution in [1.82, 2.24) is 29.7 Å². The van der Waals surface area contributed by atoms with E-state index in [9.17, 15) is 48.8 Å². The van der Waals surface area contributed by atoms with Crippen LogP contribution < -0.4 is 20.3 Å². The average Bonchev–Trinajstić information content (AvgIpc) is 3.59. The summed E-state index contributed by atoms with van der Waals surface area (Å²) >= 11 is 7.61. The maximum absolute atomic E-state index is 14.5. The number of allylic oxidation sites excluding steroid dienone is 1. The van der Waals surface area contributed by atoms with Gasteiger partial charge in [-0.15, -0.1) is 11.8 Å². The van der Waals surface area contributed by atoms with Crippen LogP contribution in [0.3, 0.4) is 0 Å². The van der Waals surface area contributed by atoms with Crippen LogP contribution in [0.5, 0.6) is 0 Å². The van der Waals surface area contributed by atoms with Crippen molar-refractivity contribution in [1.29, 1.82) is 0 Å². The van der Waals surface area contributed by atoms with Crippen molar-refractivity contribution in [2.24, 2.45) is 5.41 Å². The minimum Gasteiger partial charge on any atom is -0.380 e. The summed E-state index contributed by atoms with van der Waals surface area (Å²) in [5.41, 5.74) is -0.146. The number of amides is 3. The molecule has 23 heteroatoms. The third-order valence-corrected chi connectivity index (χ3v) is 19.8. The number of sulfonamides is 1. The average molecular weight is 1190 g/mol. The number of imide groups is 1. The number of piperidine rings is 1. The fourth-order valence-electron chi connectivity index (χ4n) is 11.0. The molecule has 432 valence electrons. The van der Waals surface area contributed by atoms with Gasteiger partial charge in [-0.2, -0.15) is 17.6 Å². The van der Waals surface area contributed by atoms with Gasteiger partial charge >= 0.3 is 5.51 Å². The van der Waals surface area contributed by atoms with Gasteiger partial charge in [0.1, 0.15) is 4.90 Å². The van der Waals surface area contributed by atoms with Crippen molar-refractivity contribution in [2.75, 3.05) is 81.4 Å². The molecule has 15 nitrogen and oxygen atoms in total. The zero-order valence-corrected chi connectivity index (χ0v) is 48.2. The molecule has 0 radical (unpaired) electrons. The minimum absolute atomic E-state index is 0.0350. The zero-order valence-electron chi connectivity index (χ0n) is 45.0. The van der Waals surface area contributed by atoms with E-state index in [0.717, 1.165) is 61.6 Å². The Morgan fingerprint density at radius 2 is 1.51 bits per heavy atom. The second-order valence-electron chi connectivity index (χ2n) is 21.9. The third kappa shape index (κ3) is 15.0. The number of halogens is 5. The van der Waals surface area contributed by atoms with Gasteiger partial charge < -0.3 is 15.1 Å². The summed E-state index contributed by atoms with van der Waals surface area (Å²) in [5, 5.41) is 6.06. The number of nitrogens with one attached hydrogen (secondary N) is 3. The van der Waals surface area contributed by atoms with Crippen LogP contribution in [0.4, 0.5) is 28.9 Å². The highest BCUT2D eigenvalue weighted by Gasteiger charge is 2.48. The van der Waals surface area contributed by atoms with Crippen LogP contribution in [0, 0.1) is 11.4 Å². The molecule has 4 heterocycles. The lowest BCUT2D eigenvalue weighted by Crippen LogP contribution is -2.47. The van der Waals surface area contributed by atoms with Gasteiger partial charge in [0, 0.05) is 118 Å². The first kappa shape index (κ1) is 59.7. The van der Waals surface area contributed by atoms with Crippen LogP contribution in [0.1, 0.15) is 85.3 Å². The number of rotatable bonds is 19. The van der Waals surface area contributed by atoms with Crippen molar-refractivity contribution in [3.8, 4) is 0 Å². The molecule has 5 aromatic rings. The SMILES string of the molecule is CC1(C)CCC(c2ccc(Cl)cc2)=C(CN2CCN(c3ccc(C(=O)NS(=O)(=O)c4ccc(N[C@H](CCN5CCN(Cc6cc(F)ncc6C6CCC(=O)NC6=O)CC5)CSc5ccccc5)c(S(=O)(=O)C(F)(F)F)c4)cc3)CC2)C1. The summed E-state index contributed by atoms with van der Waals surface area (Å²) in [4.78, 5) is 49.4. The molecule has 3 saturated heterocycles. The molecule has 4 aromatic carbocycles. The van der Waals surface area contributed by atoms with Crippen molar-refractivity contribution in [3.63, 3.8) is 0 Å². The largest absolute Gasteiger partial charge is 0.501 e. The first-order valence-electron chi connectivity index (χ1n) is 26.9. The molecule has 4 aliphatic rings. The highest BCUT2D eigenvalue weighted by atomic mass is 35.5. The Kier molecular flexibility index (Phi) is 18.7. The van der Waals surface area contributed by atoms with E-state index in [1.165, 1.54) is 52.9 Å². The number of sulfone groups is 1. The quantitative estimate of drug-likeness (QED) is 0.0308. The third-order valence-electron chi connectivity index (χ3n) is 15.5. The molecular weight excluding hydrogens is 1130 g/mol. The van der Waals surface area contributed by atoms with E-state index in [4.69, 9.17) is 11.6 Å². The predicted octanol–water partition coefficient (Wildman–Crippen LogP) is 9.37. The van der Waals surface area contributed by atoms with Crippen LogP contribution in [0.25, 0.3) is 5.57 Å². The molecule has 81 heavy (non-hydrogen) atoms. The number of aromatic nitrogens is 1. The topological polar surface area (TPSA) is 181 Å². The Labute approximate surface area is 479 Å². The Morgan fingerprint density at radius 1 is 0.840 bits per heavy atom. The summed E-state index contributed by atoms with van der Waals surface area (Å²) in [6, 6.07) is 26.6. The molecule has 9 rings (SSSR count). The molecule has 0 spiro atoms. The molecule has 2 atom stereocenters. The summed E-state index contributed by atoms with van der Waals surface area (Å²) in [6.07, 6.45) is 5.21. The van der Waals surface area contributed by atoms with Crippen molar-refractivity contribution < 1.29 is 48.8 Å². The number of piperazine rings is 2. The summed E-state index contributed by atoms with van der Waals surface area (Å²) in [5.74, 6) is -2.95. The number of hydrogen-bond donors (Lipinski definition) is 3. The number of anilines is 2. The van der Waals surface area contributed by atoms with Gasteiger partial charge in [-0.25, -0.2) is 26.5 Å². The Balaban J connectivity index is 0.842. The van der Waals surface area contributed by atoms with Gasteiger partial charge in [0.05, 0.1) is 16.5 Å². The van der Waals surface area contributed by atoms with Crippen LogP contribution in [0.2, 0.25) is 5.02 Å². The standard InChI is InChI=1S/C58H65ClF4N8O7S3/c1-57(2)22-20-48(39-8-12-43(59)13-9-39)42(34-57)37-70-28-30-71(31-29-70)45-14-10-40(11-15-45)55(73)67-81(77,78)47-16-18-51(52(33-47)80(75,76)58(61,62)63)65-44(38-79-46-6-4-3-5-7-46)21-23-68-24-26-69(27-25-68)36-41-32-53(60)64-35-50(41)49-17-19-54(72)66-56(49)74/h3-16,18,32-33,35,44,49,65H,17,19-31,34,36-38H2,1-2H3,(H,67,73)(H,66,72,74)/t44-,49?/m1/s1. The van der Waals surface area contributed by atoms with Gasteiger partial charge in [0.2, 0.25) is 17.8 Å². The minimum atomic E-state index is -6.16. The van der Waals surface area contributed by atoms with Gasteiger partial charge in [-0.1, -0.05) is 61.4 Å². The number of thioether (sulfide) groups is 1. The second kappa shape index (κ2) is 25.3. The maximum Gasteiger partial charge on any atom is 0.501 e. The molecule has 3 amide bonds. The molecule has 1 unspecified atom stereocenters. The number of alkyl halides is 3. The van der Waals surface area contributed by atoms with E-state index in [0.29, 0.717) is 81.0 Å². The van der Waals surface area contributed by atoms with Crippen molar-refractivity contribution >= 4 is 77.9 Å². The van der Waals surface area contributed by atoms with Crippen molar-refractivity contribution in [3.05, 3.63) is 148 Å². The van der Waals surface area contributed by atoms with Crippen LogP contribution in [0.15, 0.2) is 130 Å². The molecule has 0 bridgehead atoms. The fraction of sp³-hybridized carbons (Fsp3) is 0.414. The Morgan fingerprint density at radius 3 is 2.19 bits per heavy atom. The fourth-order valence-corrected chi connectivity index (χ4v) is 14.1. The first-order valence-corrected chi connectivity index (χ1v) is 31.3. The van der Waals surface area contributed by atoms with E-state index < -0.39 is 70.6 Å². The van der Waals surface area contributed by atoms with Gasteiger partial charge in [0.25, 0.3) is 25.8 Å². The van der Waals surface area contributed by atoms with E-state index >= 15 is 0 Å².